The highest BCUT2D eigenvalue weighted by Gasteiger charge is 2.07. The Balaban J connectivity index is 0.00000192. The highest BCUT2D eigenvalue weighted by Crippen LogP contribution is 2.19. The van der Waals surface area contributed by atoms with Crippen molar-refractivity contribution in [2.24, 2.45) is 0 Å². The number of hydrogen-bond donors (Lipinski definition) is 0. The van der Waals surface area contributed by atoms with Crippen LogP contribution in [0, 0.1) is 0 Å². The van der Waals surface area contributed by atoms with Gasteiger partial charge in [-0.2, -0.15) is 0 Å². The number of allylic oxidation sites excluding steroid dienone is 1. The Bertz CT molecular complexity index is 939. The van der Waals surface area contributed by atoms with Crippen molar-refractivity contribution in [1.29, 1.82) is 0 Å². The average molecular weight is 303 g/mol. The van der Waals surface area contributed by atoms with Gasteiger partial charge in [-0.25, -0.2) is 0 Å². The third-order valence-electron chi connectivity index (χ3n) is 4.08. The van der Waals surface area contributed by atoms with Gasteiger partial charge >= 0.3 is 0 Å². The zero-order valence-electron chi connectivity index (χ0n) is 13.1. The molecule has 0 aliphatic heterocycles. The topological polar surface area (TPSA) is 4.93 Å². The summed E-state index contributed by atoms with van der Waals surface area (Å²) in [6.07, 6.45) is 0.864. The highest BCUT2D eigenvalue weighted by molar-refractivity contribution is 5.85. The van der Waals surface area contributed by atoms with E-state index in [1.807, 2.05) is 0 Å². The normalized spacial score (nSPS) is 10.5. The van der Waals surface area contributed by atoms with Gasteiger partial charge in [-0.15, -0.1) is 0 Å². The molecule has 118 valence electrons. The molecule has 2 aromatic carbocycles. The fraction of sp³-hybridized carbons (Fsp3) is 0.182. The third kappa shape index (κ3) is 3.29. The Morgan fingerprint density at radius 2 is 1.74 bits per heavy atom. The minimum Gasteiger partial charge on any atom is -0.340 e. The monoisotopic (exact) mass is 303 g/mol. The number of aromatic nitrogens is 1. The summed E-state index contributed by atoms with van der Waals surface area (Å²) in [6, 6.07) is 17.1. The number of benzene rings is 2. The zero-order chi connectivity index (χ0) is 15.7. The van der Waals surface area contributed by atoms with Crippen molar-refractivity contribution in [3.63, 3.8) is 0 Å². The van der Waals surface area contributed by atoms with E-state index in [0.717, 1.165) is 29.1 Å². The van der Waals surface area contributed by atoms with E-state index in [1.165, 1.54) is 22.0 Å². The highest BCUT2D eigenvalue weighted by atomic mass is 15.0. The van der Waals surface area contributed by atoms with Gasteiger partial charge in [0.05, 0.1) is 0 Å². The standard InChI is InChI=1S/C21H21N.CH4/c1-15(2)12-20-13-16(3)17(4)22(20)14-19-10-7-9-18-8-5-6-11-21(18)19;/h5-11,13H,1,3-4,12,14H2,2H3;1H4. The molecule has 0 fully saturated rings. The summed E-state index contributed by atoms with van der Waals surface area (Å²) in [6.45, 7) is 15.2. The van der Waals surface area contributed by atoms with Crippen LogP contribution in [0.25, 0.3) is 23.9 Å². The molecule has 0 unspecified atom stereocenters. The lowest BCUT2D eigenvalue weighted by Gasteiger charge is -2.12. The molecule has 0 spiro atoms. The first-order valence-electron chi connectivity index (χ1n) is 7.53. The van der Waals surface area contributed by atoms with Crippen molar-refractivity contribution in [3.05, 3.63) is 82.5 Å². The molecule has 1 aromatic heterocycles. The van der Waals surface area contributed by atoms with Gasteiger partial charge in [0.1, 0.15) is 0 Å². The van der Waals surface area contributed by atoms with Gasteiger partial charge in [-0.3, -0.25) is 0 Å². The molecule has 3 aromatic rings. The Kier molecular flexibility index (Phi) is 4.90. The van der Waals surface area contributed by atoms with E-state index in [-0.39, 0.29) is 7.43 Å². The van der Waals surface area contributed by atoms with Crippen molar-refractivity contribution in [2.45, 2.75) is 27.3 Å². The summed E-state index contributed by atoms with van der Waals surface area (Å²) < 4.78 is 2.26. The minimum absolute atomic E-state index is 0. The van der Waals surface area contributed by atoms with E-state index < -0.39 is 0 Å². The quantitative estimate of drug-likeness (QED) is 0.635. The van der Waals surface area contributed by atoms with Crippen LogP contribution < -0.4 is 10.6 Å². The zero-order valence-corrected chi connectivity index (χ0v) is 13.1. The third-order valence-corrected chi connectivity index (χ3v) is 4.08. The van der Waals surface area contributed by atoms with E-state index in [9.17, 15) is 0 Å². The molecule has 0 radical (unpaired) electrons. The van der Waals surface area contributed by atoms with Gasteiger partial charge in [-0.05, 0) is 34.5 Å². The molecule has 1 heterocycles. The van der Waals surface area contributed by atoms with E-state index in [1.54, 1.807) is 0 Å². The molecule has 0 saturated heterocycles. The van der Waals surface area contributed by atoms with Crippen LogP contribution in [0.1, 0.15) is 25.6 Å². The van der Waals surface area contributed by atoms with Crippen molar-refractivity contribution in [2.75, 3.05) is 0 Å². The maximum Gasteiger partial charge on any atom is 0.0484 e. The summed E-state index contributed by atoms with van der Waals surface area (Å²) in [7, 11) is 0. The molecule has 0 saturated carbocycles. The summed E-state index contributed by atoms with van der Waals surface area (Å²) in [5, 5.41) is 4.56. The predicted octanol–water partition coefficient (Wildman–Crippen LogP) is 4.26. The molecule has 0 bridgehead atoms. The van der Waals surface area contributed by atoms with Crippen LogP contribution in [0.2, 0.25) is 0 Å². The van der Waals surface area contributed by atoms with Gasteiger partial charge in [0.15, 0.2) is 0 Å². The van der Waals surface area contributed by atoms with Crippen molar-refractivity contribution < 1.29 is 0 Å². The molecular formula is C22H25N. The van der Waals surface area contributed by atoms with Gasteiger partial charge in [-0.1, -0.05) is 75.2 Å². The van der Waals surface area contributed by atoms with Crippen LogP contribution in [-0.2, 0) is 13.0 Å². The van der Waals surface area contributed by atoms with E-state index in [4.69, 9.17) is 0 Å². The van der Waals surface area contributed by atoms with Crippen molar-refractivity contribution >= 4 is 23.9 Å². The van der Waals surface area contributed by atoms with Gasteiger partial charge in [0.25, 0.3) is 0 Å². The summed E-state index contributed by atoms with van der Waals surface area (Å²) in [4.78, 5) is 0. The van der Waals surface area contributed by atoms with Crippen molar-refractivity contribution in [3.8, 4) is 0 Å². The number of nitrogens with zero attached hydrogens (tertiary/aromatic N) is 1. The minimum atomic E-state index is 0. The second kappa shape index (κ2) is 6.70. The van der Waals surface area contributed by atoms with Crippen LogP contribution in [0.5, 0.6) is 0 Å². The van der Waals surface area contributed by atoms with Crippen LogP contribution in [0.3, 0.4) is 0 Å². The van der Waals surface area contributed by atoms with Crippen LogP contribution in [0.4, 0.5) is 0 Å². The lowest BCUT2D eigenvalue weighted by atomic mass is 10.0. The fourth-order valence-corrected chi connectivity index (χ4v) is 2.96. The fourth-order valence-electron chi connectivity index (χ4n) is 2.96. The second-order valence-electron chi connectivity index (χ2n) is 5.97. The molecule has 0 aliphatic rings. The average Bonchev–Trinajstić information content (AvgIpc) is 2.74. The lowest BCUT2D eigenvalue weighted by molar-refractivity contribution is 0.738. The van der Waals surface area contributed by atoms with Gasteiger partial charge in [0.2, 0.25) is 0 Å². The molecule has 1 nitrogen and oxygen atoms in total. The van der Waals surface area contributed by atoms with Crippen LogP contribution in [-0.4, -0.2) is 4.57 Å². The Morgan fingerprint density at radius 1 is 1.04 bits per heavy atom. The molecular weight excluding hydrogens is 278 g/mol. The first kappa shape index (κ1) is 16.8. The smallest absolute Gasteiger partial charge is 0.0484 e. The summed E-state index contributed by atoms with van der Waals surface area (Å²) in [5.41, 5.74) is 3.69. The first-order valence-corrected chi connectivity index (χ1v) is 7.53. The summed E-state index contributed by atoms with van der Waals surface area (Å²) >= 11 is 0. The van der Waals surface area contributed by atoms with Gasteiger partial charge in [0, 0.05) is 24.0 Å². The first-order chi connectivity index (χ1) is 10.6. The predicted molar refractivity (Wildman–Crippen MR) is 103 cm³/mol. The second-order valence-corrected chi connectivity index (χ2v) is 5.97. The number of rotatable bonds is 4. The van der Waals surface area contributed by atoms with E-state index >= 15 is 0 Å². The van der Waals surface area contributed by atoms with E-state index in [0.29, 0.717) is 0 Å². The van der Waals surface area contributed by atoms with Gasteiger partial charge < -0.3 is 4.57 Å². The maximum atomic E-state index is 4.20. The van der Waals surface area contributed by atoms with E-state index in [2.05, 4.69) is 79.8 Å². The Labute approximate surface area is 138 Å². The van der Waals surface area contributed by atoms with Crippen molar-refractivity contribution in [1.82, 2.24) is 4.57 Å². The number of fused-ring (bicyclic) bond motifs is 1. The molecule has 0 aliphatic carbocycles. The molecule has 1 heteroatoms. The molecule has 0 atom stereocenters. The Morgan fingerprint density at radius 3 is 2.48 bits per heavy atom. The maximum absolute atomic E-state index is 4.20. The molecule has 23 heavy (non-hydrogen) atoms. The van der Waals surface area contributed by atoms with Crippen LogP contribution >= 0.6 is 0 Å². The Hall–Kier alpha value is -2.54. The molecule has 3 rings (SSSR count). The number of hydrogen-bond acceptors (Lipinski definition) is 0. The van der Waals surface area contributed by atoms with Crippen LogP contribution in [0.15, 0.2) is 60.7 Å². The molecule has 0 amide bonds. The molecule has 0 N–H and O–H groups in total. The summed E-state index contributed by atoms with van der Waals surface area (Å²) in [5.74, 6) is 0. The SMILES string of the molecule is C.C=C(C)Cc1cc(=C)c(=C)n1Cc1cccc2ccccc12. The lowest BCUT2D eigenvalue weighted by Crippen LogP contribution is -2.27. The largest absolute Gasteiger partial charge is 0.340 e.